The van der Waals surface area contributed by atoms with E-state index in [2.05, 4.69) is 37.9 Å². The van der Waals surface area contributed by atoms with E-state index in [1.54, 1.807) is 0 Å². The summed E-state index contributed by atoms with van der Waals surface area (Å²) in [5, 5.41) is 3.77. The Morgan fingerprint density at radius 2 is 1.75 bits per heavy atom. The van der Waals surface area contributed by atoms with E-state index < -0.39 is 0 Å². The zero-order chi connectivity index (χ0) is 14.5. The third kappa shape index (κ3) is 4.46. The van der Waals surface area contributed by atoms with Gasteiger partial charge in [0, 0.05) is 25.2 Å². The van der Waals surface area contributed by atoms with Gasteiger partial charge in [0.2, 0.25) is 0 Å². The first-order valence-electron chi connectivity index (χ1n) is 9.05. The van der Waals surface area contributed by atoms with Crippen LogP contribution in [0.4, 0.5) is 0 Å². The fraction of sp³-hybridized carbons (Fsp3) is 1.00. The van der Waals surface area contributed by atoms with Crippen molar-refractivity contribution in [1.29, 1.82) is 0 Å². The van der Waals surface area contributed by atoms with Crippen LogP contribution in [-0.4, -0.2) is 36.6 Å². The predicted octanol–water partition coefficient (Wildman–Crippen LogP) is 3.91. The zero-order valence-corrected chi connectivity index (χ0v) is 14.2. The Hall–Kier alpha value is -0.0800. The summed E-state index contributed by atoms with van der Waals surface area (Å²) < 4.78 is 0. The quantitative estimate of drug-likeness (QED) is 0.793. The van der Waals surface area contributed by atoms with Gasteiger partial charge in [0.15, 0.2) is 0 Å². The fourth-order valence-electron chi connectivity index (χ4n) is 4.10. The van der Waals surface area contributed by atoms with E-state index in [0.717, 1.165) is 23.8 Å². The minimum absolute atomic E-state index is 0.691. The number of nitrogens with one attached hydrogen (secondary N) is 1. The monoisotopic (exact) mass is 280 g/mol. The molecule has 1 saturated carbocycles. The average molecular weight is 280 g/mol. The molecule has 2 aliphatic rings. The van der Waals surface area contributed by atoms with Gasteiger partial charge in [0.25, 0.3) is 0 Å². The number of nitrogens with zero attached hydrogens (tertiary/aromatic N) is 1. The lowest BCUT2D eigenvalue weighted by molar-refractivity contribution is 0.0823. The van der Waals surface area contributed by atoms with Crippen molar-refractivity contribution >= 4 is 0 Å². The predicted molar refractivity (Wildman–Crippen MR) is 88.0 cm³/mol. The summed E-state index contributed by atoms with van der Waals surface area (Å²) in [5.74, 6) is 2.57. The second-order valence-corrected chi connectivity index (χ2v) is 7.86. The summed E-state index contributed by atoms with van der Waals surface area (Å²) in [5.41, 5.74) is 0. The van der Waals surface area contributed by atoms with Crippen molar-refractivity contribution in [2.45, 2.75) is 78.3 Å². The molecule has 1 heterocycles. The van der Waals surface area contributed by atoms with Crippen LogP contribution in [0, 0.1) is 17.8 Å². The fourth-order valence-corrected chi connectivity index (χ4v) is 4.10. The number of hydrogen-bond acceptors (Lipinski definition) is 2. The lowest BCUT2D eigenvalue weighted by atomic mass is 9.93. The largest absolute Gasteiger partial charge is 0.311 e. The minimum Gasteiger partial charge on any atom is -0.311 e. The SMILES string of the molecule is CC(C)C1CN(CCCC2CCCC2)C(C(C)C)CN1. The van der Waals surface area contributed by atoms with Crippen LogP contribution in [0.2, 0.25) is 0 Å². The van der Waals surface area contributed by atoms with Crippen molar-refractivity contribution in [3.05, 3.63) is 0 Å². The molecule has 0 aromatic heterocycles. The molecule has 2 rings (SSSR count). The van der Waals surface area contributed by atoms with Crippen LogP contribution in [0.1, 0.15) is 66.2 Å². The van der Waals surface area contributed by atoms with Crippen LogP contribution >= 0.6 is 0 Å². The maximum absolute atomic E-state index is 3.77. The summed E-state index contributed by atoms with van der Waals surface area (Å²) >= 11 is 0. The van der Waals surface area contributed by atoms with Crippen molar-refractivity contribution in [3.63, 3.8) is 0 Å². The van der Waals surface area contributed by atoms with E-state index in [1.165, 1.54) is 58.2 Å². The van der Waals surface area contributed by atoms with E-state index in [-0.39, 0.29) is 0 Å². The molecule has 0 amide bonds. The molecule has 2 heteroatoms. The molecule has 1 aliphatic carbocycles. The van der Waals surface area contributed by atoms with Gasteiger partial charge in [-0.1, -0.05) is 53.4 Å². The molecule has 0 aromatic carbocycles. The van der Waals surface area contributed by atoms with Crippen molar-refractivity contribution in [2.24, 2.45) is 17.8 Å². The van der Waals surface area contributed by atoms with Gasteiger partial charge in [0.1, 0.15) is 0 Å². The van der Waals surface area contributed by atoms with E-state index in [4.69, 9.17) is 0 Å². The van der Waals surface area contributed by atoms with Crippen LogP contribution in [0.5, 0.6) is 0 Å². The summed E-state index contributed by atoms with van der Waals surface area (Å²) in [6, 6.07) is 1.44. The molecular weight excluding hydrogens is 244 g/mol. The van der Waals surface area contributed by atoms with Crippen molar-refractivity contribution in [3.8, 4) is 0 Å². The summed E-state index contributed by atoms with van der Waals surface area (Å²) in [6.45, 7) is 13.2. The van der Waals surface area contributed by atoms with Crippen molar-refractivity contribution < 1.29 is 0 Å². The number of hydrogen-bond donors (Lipinski definition) is 1. The summed E-state index contributed by atoms with van der Waals surface area (Å²) in [4.78, 5) is 2.79. The highest BCUT2D eigenvalue weighted by Gasteiger charge is 2.30. The highest BCUT2D eigenvalue weighted by molar-refractivity contribution is 4.89. The van der Waals surface area contributed by atoms with Gasteiger partial charge >= 0.3 is 0 Å². The molecule has 0 aromatic rings. The van der Waals surface area contributed by atoms with Crippen LogP contribution in [0.25, 0.3) is 0 Å². The summed E-state index contributed by atoms with van der Waals surface area (Å²) in [7, 11) is 0. The molecule has 20 heavy (non-hydrogen) atoms. The normalized spacial score (nSPS) is 29.7. The van der Waals surface area contributed by atoms with Crippen LogP contribution < -0.4 is 5.32 Å². The molecule has 1 saturated heterocycles. The Kier molecular flexibility index (Phi) is 6.35. The molecule has 1 N–H and O–H groups in total. The van der Waals surface area contributed by atoms with E-state index >= 15 is 0 Å². The maximum Gasteiger partial charge on any atom is 0.0244 e. The molecule has 2 atom stereocenters. The molecular formula is C18H36N2. The first-order chi connectivity index (χ1) is 9.58. The van der Waals surface area contributed by atoms with Gasteiger partial charge in [-0.2, -0.15) is 0 Å². The molecule has 2 fully saturated rings. The molecule has 0 spiro atoms. The maximum atomic E-state index is 3.77. The first-order valence-corrected chi connectivity index (χ1v) is 9.05. The minimum atomic E-state index is 0.691. The van der Waals surface area contributed by atoms with Crippen molar-refractivity contribution in [1.82, 2.24) is 10.2 Å². The van der Waals surface area contributed by atoms with Crippen molar-refractivity contribution in [2.75, 3.05) is 19.6 Å². The Bertz CT molecular complexity index is 269. The average Bonchev–Trinajstić information content (AvgIpc) is 2.91. The standard InChI is InChI=1S/C18H36N2/c1-14(2)17-13-20(18(12-19-17)15(3)4)11-7-10-16-8-5-6-9-16/h14-19H,5-13H2,1-4H3. The Labute approximate surface area is 126 Å². The van der Waals surface area contributed by atoms with E-state index in [9.17, 15) is 0 Å². The number of piperazine rings is 1. The smallest absolute Gasteiger partial charge is 0.0244 e. The molecule has 0 bridgehead atoms. The van der Waals surface area contributed by atoms with Gasteiger partial charge in [-0.25, -0.2) is 0 Å². The van der Waals surface area contributed by atoms with Gasteiger partial charge in [-0.3, -0.25) is 4.90 Å². The second kappa shape index (κ2) is 7.79. The third-order valence-corrected chi connectivity index (χ3v) is 5.60. The lowest BCUT2D eigenvalue weighted by Crippen LogP contribution is -2.59. The molecule has 118 valence electrons. The van der Waals surface area contributed by atoms with Gasteiger partial charge in [-0.15, -0.1) is 0 Å². The zero-order valence-electron chi connectivity index (χ0n) is 14.2. The van der Waals surface area contributed by atoms with Crippen LogP contribution in [-0.2, 0) is 0 Å². The van der Waals surface area contributed by atoms with Crippen LogP contribution in [0.15, 0.2) is 0 Å². The summed E-state index contributed by atoms with van der Waals surface area (Å²) in [6.07, 6.45) is 8.87. The Morgan fingerprint density at radius 3 is 2.35 bits per heavy atom. The second-order valence-electron chi connectivity index (χ2n) is 7.86. The Balaban J connectivity index is 1.79. The van der Waals surface area contributed by atoms with Crippen LogP contribution in [0.3, 0.4) is 0 Å². The van der Waals surface area contributed by atoms with Gasteiger partial charge < -0.3 is 5.32 Å². The topological polar surface area (TPSA) is 15.3 Å². The first kappa shape index (κ1) is 16.3. The molecule has 2 unspecified atom stereocenters. The third-order valence-electron chi connectivity index (χ3n) is 5.60. The van der Waals surface area contributed by atoms with E-state index in [1.807, 2.05) is 0 Å². The van der Waals surface area contributed by atoms with Gasteiger partial charge in [0.05, 0.1) is 0 Å². The number of rotatable bonds is 6. The molecule has 1 aliphatic heterocycles. The highest BCUT2D eigenvalue weighted by atomic mass is 15.2. The Morgan fingerprint density at radius 1 is 1.05 bits per heavy atom. The molecule has 0 radical (unpaired) electrons. The lowest BCUT2D eigenvalue weighted by Gasteiger charge is -2.44. The van der Waals surface area contributed by atoms with Gasteiger partial charge in [-0.05, 0) is 37.1 Å². The highest BCUT2D eigenvalue weighted by Crippen LogP contribution is 2.29. The molecule has 2 nitrogen and oxygen atoms in total. The van der Waals surface area contributed by atoms with E-state index in [0.29, 0.717) is 6.04 Å².